The smallest absolute Gasteiger partial charge is 0.322 e. The minimum Gasteiger partial charge on any atom is -0.468 e. The molecule has 2 unspecified atom stereocenters. The number of hydrogen-bond donors (Lipinski definition) is 1. The molecule has 1 fully saturated rings. The van der Waals surface area contributed by atoms with E-state index in [-0.39, 0.29) is 12.1 Å². The number of carbonyl (C=O) groups is 1. The highest BCUT2D eigenvalue weighted by atomic mass is 16.5. The summed E-state index contributed by atoms with van der Waals surface area (Å²) in [4.78, 5) is 13.3. The Morgan fingerprint density at radius 1 is 1.73 bits per heavy atom. The van der Waals surface area contributed by atoms with E-state index >= 15 is 0 Å². The third kappa shape index (κ3) is 4.15. The molecule has 1 saturated heterocycles. The second-order valence-electron chi connectivity index (χ2n) is 3.90. The highest BCUT2D eigenvalue weighted by molar-refractivity contribution is 5.75. The van der Waals surface area contributed by atoms with Crippen LogP contribution >= 0.6 is 0 Å². The summed E-state index contributed by atoms with van der Waals surface area (Å²) in [5.41, 5.74) is 5.65. The fraction of sp³-hybridized carbons (Fsp3) is 0.900. The number of esters is 1. The Morgan fingerprint density at radius 2 is 2.47 bits per heavy atom. The molecule has 5 heteroatoms. The average molecular weight is 216 g/mol. The maximum atomic E-state index is 11.1. The van der Waals surface area contributed by atoms with E-state index in [1.54, 1.807) is 0 Å². The van der Waals surface area contributed by atoms with E-state index in [1.807, 2.05) is 6.92 Å². The van der Waals surface area contributed by atoms with Crippen molar-refractivity contribution in [2.75, 3.05) is 33.4 Å². The fourth-order valence-electron chi connectivity index (χ4n) is 1.68. The molecule has 2 N–H and O–H groups in total. The predicted octanol–water partition coefficient (Wildman–Crippen LogP) is -0.402. The third-order valence-electron chi connectivity index (χ3n) is 2.59. The van der Waals surface area contributed by atoms with Crippen molar-refractivity contribution in [1.29, 1.82) is 0 Å². The fourth-order valence-corrected chi connectivity index (χ4v) is 1.68. The van der Waals surface area contributed by atoms with Crippen molar-refractivity contribution in [2.45, 2.75) is 25.5 Å². The number of hydrogen-bond acceptors (Lipinski definition) is 5. The lowest BCUT2D eigenvalue weighted by Crippen LogP contribution is -2.44. The molecule has 0 bridgehead atoms. The summed E-state index contributed by atoms with van der Waals surface area (Å²) >= 11 is 0. The van der Waals surface area contributed by atoms with Crippen LogP contribution in [0.3, 0.4) is 0 Å². The van der Waals surface area contributed by atoms with E-state index in [4.69, 9.17) is 10.5 Å². The number of rotatable bonds is 4. The second kappa shape index (κ2) is 6.05. The van der Waals surface area contributed by atoms with Gasteiger partial charge in [0, 0.05) is 19.6 Å². The first-order valence-electron chi connectivity index (χ1n) is 5.31. The standard InChI is InChI=1S/C10H20N2O3/c1-8-7-12(5-6-15-8)4-3-9(11)10(13)14-2/h8-9H,3-7,11H2,1-2H3. The van der Waals surface area contributed by atoms with Gasteiger partial charge in [0.25, 0.3) is 0 Å². The van der Waals surface area contributed by atoms with Crippen LogP contribution in [0, 0.1) is 0 Å². The molecule has 0 saturated carbocycles. The SMILES string of the molecule is COC(=O)C(N)CCN1CCOC(C)C1. The largest absolute Gasteiger partial charge is 0.468 e. The molecular formula is C10H20N2O3. The van der Waals surface area contributed by atoms with Gasteiger partial charge in [0.1, 0.15) is 6.04 Å². The van der Waals surface area contributed by atoms with Crippen LogP contribution in [0.1, 0.15) is 13.3 Å². The van der Waals surface area contributed by atoms with Gasteiger partial charge in [0.15, 0.2) is 0 Å². The summed E-state index contributed by atoms with van der Waals surface area (Å²) in [6.07, 6.45) is 0.910. The van der Waals surface area contributed by atoms with Crippen LogP contribution in [-0.4, -0.2) is 56.4 Å². The molecule has 1 rings (SSSR count). The number of nitrogens with two attached hydrogens (primary N) is 1. The van der Waals surface area contributed by atoms with Crippen LogP contribution < -0.4 is 5.73 Å². The topological polar surface area (TPSA) is 64.8 Å². The highest BCUT2D eigenvalue weighted by Crippen LogP contribution is 2.05. The monoisotopic (exact) mass is 216 g/mol. The Morgan fingerprint density at radius 3 is 3.07 bits per heavy atom. The third-order valence-corrected chi connectivity index (χ3v) is 2.59. The van der Waals surface area contributed by atoms with Gasteiger partial charge in [0.05, 0.1) is 19.8 Å². The lowest BCUT2D eigenvalue weighted by atomic mass is 10.2. The molecule has 0 aromatic carbocycles. The first-order chi connectivity index (χ1) is 7.13. The van der Waals surface area contributed by atoms with Crippen molar-refractivity contribution in [1.82, 2.24) is 4.90 Å². The van der Waals surface area contributed by atoms with Crippen LogP contribution in [0.15, 0.2) is 0 Å². The Labute approximate surface area is 90.5 Å². The summed E-state index contributed by atoms with van der Waals surface area (Å²) in [7, 11) is 1.36. The van der Waals surface area contributed by atoms with E-state index < -0.39 is 6.04 Å². The van der Waals surface area contributed by atoms with Gasteiger partial charge in [-0.3, -0.25) is 9.69 Å². The zero-order valence-electron chi connectivity index (χ0n) is 9.44. The minimum absolute atomic E-state index is 0.271. The maximum Gasteiger partial charge on any atom is 0.322 e. The van der Waals surface area contributed by atoms with Gasteiger partial charge < -0.3 is 15.2 Å². The molecule has 0 aromatic heterocycles. The minimum atomic E-state index is -0.506. The quantitative estimate of drug-likeness (QED) is 0.648. The van der Waals surface area contributed by atoms with Crippen LogP contribution in [-0.2, 0) is 14.3 Å². The summed E-state index contributed by atoms with van der Waals surface area (Å²) in [5.74, 6) is -0.337. The maximum absolute atomic E-state index is 11.1. The molecule has 88 valence electrons. The molecule has 0 radical (unpaired) electrons. The molecule has 0 amide bonds. The number of carbonyl (C=O) groups excluding carboxylic acids is 1. The molecule has 0 aliphatic carbocycles. The number of morpholine rings is 1. The van der Waals surface area contributed by atoms with Crippen molar-refractivity contribution in [3.63, 3.8) is 0 Å². The van der Waals surface area contributed by atoms with Crippen molar-refractivity contribution < 1.29 is 14.3 Å². The molecule has 15 heavy (non-hydrogen) atoms. The molecule has 0 aromatic rings. The van der Waals surface area contributed by atoms with Gasteiger partial charge in [-0.15, -0.1) is 0 Å². The van der Waals surface area contributed by atoms with E-state index in [9.17, 15) is 4.79 Å². The van der Waals surface area contributed by atoms with Gasteiger partial charge in [0.2, 0.25) is 0 Å². The highest BCUT2D eigenvalue weighted by Gasteiger charge is 2.19. The van der Waals surface area contributed by atoms with Crippen LogP contribution in [0.5, 0.6) is 0 Å². The summed E-state index contributed by atoms with van der Waals surface area (Å²) < 4.78 is 9.98. The Balaban J connectivity index is 2.21. The van der Waals surface area contributed by atoms with Crippen molar-refractivity contribution >= 4 is 5.97 Å². The van der Waals surface area contributed by atoms with Crippen molar-refractivity contribution in [2.24, 2.45) is 5.73 Å². The van der Waals surface area contributed by atoms with Crippen LogP contribution in [0.2, 0.25) is 0 Å². The van der Waals surface area contributed by atoms with Gasteiger partial charge in [-0.1, -0.05) is 0 Å². The molecule has 2 atom stereocenters. The summed E-state index contributed by atoms with van der Waals surface area (Å²) in [5, 5.41) is 0. The normalized spacial score (nSPS) is 24.9. The summed E-state index contributed by atoms with van der Waals surface area (Å²) in [6.45, 7) is 5.46. The molecule has 1 aliphatic heterocycles. The first-order valence-corrected chi connectivity index (χ1v) is 5.31. The lowest BCUT2D eigenvalue weighted by Gasteiger charge is -2.31. The van der Waals surface area contributed by atoms with E-state index in [0.717, 1.165) is 26.2 Å². The zero-order chi connectivity index (χ0) is 11.3. The Bertz CT molecular complexity index is 211. The average Bonchev–Trinajstić information content (AvgIpc) is 2.25. The van der Waals surface area contributed by atoms with Gasteiger partial charge >= 0.3 is 5.97 Å². The Kier molecular flexibility index (Phi) is 5.01. The van der Waals surface area contributed by atoms with Gasteiger partial charge in [-0.2, -0.15) is 0 Å². The molecule has 0 spiro atoms. The summed E-state index contributed by atoms with van der Waals surface area (Å²) in [6, 6.07) is -0.506. The van der Waals surface area contributed by atoms with Gasteiger partial charge in [-0.05, 0) is 13.3 Å². The number of ether oxygens (including phenoxy) is 2. The van der Waals surface area contributed by atoms with Crippen LogP contribution in [0.25, 0.3) is 0 Å². The van der Waals surface area contributed by atoms with Gasteiger partial charge in [-0.25, -0.2) is 0 Å². The molecular weight excluding hydrogens is 196 g/mol. The van der Waals surface area contributed by atoms with Crippen LogP contribution in [0.4, 0.5) is 0 Å². The second-order valence-corrected chi connectivity index (χ2v) is 3.90. The first kappa shape index (κ1) is 12.4. The van der Waals surface area contributed by atoms with E-state index in [0.29, 0.717) is 6.42 Å². The molecule has 1 aliphatic rings. The molecule has 1 heterocycles. The van der Waals surface area contributed by atoms with Crippen molar-refractivity contribution in [3.8, 4) is 0 Å². The zero-order valence-corrected chi connectivity index (χ0v) is 9.44. The van der Waals surface area contributed by atoms with E-state index in [1.165, 1.54) is 7.11 Å². The number of methoxy groups -OCH3 is 1. The Hall–Kier alpha value is -0.650. The van der Waals surface area contributed by atoms with Crippen molar-refractivity contribution in [3.05, 3.63) is 0 Å². The lowest BCUT2D eigenvalue weighted by molar-refractivity contribution is -0.142. The molecule has 5 nitrogen and oxygen atoms in total. The number of nitrogens with zero attached hydrogens (tertiary/aromatic N) is 1. The predicted molar refractivity (Wildman–Crippen MR) is 56.5 cm³/mol. The van der Waals surface area contributed by atoms with E-state index in [2.05, 4.69) is 9.64 Å².